The summed E-state index contributed by atoms with van der Waals surface area (Å²) in [4.78, 5) is -0.442. The first kappa shape index (κ1) is 18.2. The van der Waals surface area contributed by atoms with Crippen LogP contribution in [0, 0.1) is 0 Å². The second kappa shape index (κ2) is 6.93. The Morgan fingerprint density at radius 1 is 1.04 bits per heavy atom. The van der Waals surface area contributed by atoms with Crippen LogP contribution in [-0.2, 0) is 22.7 Å². The zero-order chi connectivity index (χ0) is 18.8. The van der Waals surface area contributed by atoms with Crippen molar-refractivity contribution in [2.45, 2.75) is 17.6 Å². The van der Waals surface area contributed by atoms with Crippen molar-refractivity contribution in [3.8, 4) is 5.69 Å². The molecule has 9 heteroatoms. The second-order valence-electron chi connectivity index (χ2n) is 5.48. The summed E-state index contributed by atoms with van der Waals surface area (Å²) >= 11 is 0. The summed E-state index contributed by atoms with van der Waals surface area (Å²) in [6, 6.07) is 12.8. The Morgan fingerprint density at radius 3 is 2.46 bits per heavy atom. The molecule has 0 fully saturated rings. The second-order valence-corrected chi connectivity index (χ2v) is 7.25. The summed E-state index contributed by atoms with van der Waals surface area (Å²) in [5.74, 6) is 0. The molecule has 1 N–H and O–H groups in total. The number of hydrogen-bond donors (Lipinski definition) is 1. The molecule has 0 saturated heterocycles. The average Bonchev–Trinajstić information content (AvgIpc) is 3.09. The number of halogens is 3. The molecule has 0 atom stereocenters. The Kier molecular flexibility index (Phi) is 4.84. The SMILES string of the molecule is O=S(=O)(NCc1cnn(-c2ccccc2)c1)c1cccc(C(F)(F)F)c1. The van der Waals surface area contributed by atoms with E-state index in [4.69, 9.17) is 0 Å². The normalized spacial score (nSPS) is 12.3. The molecule has 0 aliphatic rings. The molecule has 3 rings (SSSR count). The van der Waals surface area contributed by atoms with E-state index in [1.807, 2.05) is 30.3 Å². The number of sulfonamides is 1. The minimum atomic E-state index is -4.61. The minimum Gasteiger partial charge on any atom is -0.241 e. The molecule has 26 heavy (non-hydrogen) atoms. The number of rotatable bonds is 5. The number of aromatic nitrogens is 2. The lowest BCUT2D eigenvalue weighted by atomic mass is 10.2. The lowest BCUT2D eigenvalue weighted by Gasteiger charge is -2.10. The Hall–Kier alpha value is -2.65. The molecule has 1 aromatic heterocycles. The van der Waals surface area contributed by atoms with Crippen LogP contribution in [0.2, 0.25) is 0 Å². The fraction of sp³-hybridized carbons (Fsp3) is 0.118. The van der Waals surface area contributed by atoms with Gasteiger partial charge in [0.2, 0.25) is 10.0 Å². The number of nitrogens with one attached hydrogen (secondary N) is 1. The number of benzene rings is 2. The summed E-state index contributed by atoms with van der Waals surface area (Å²) < 4.78 is 66.6. The number of alkyl halides is 3. The summed E-state index contributed by atoms with van der Waals surface area (Å²) in [5.41, 5.74) is 0.362. The van der Waals surface area contributed by atoms with E-state index >= 15 is 0 Å². The van der Waals surface area contributed by atoms with Crippen LogP contribution in [0.5, 0.6) is 0 Å². The molecule has 0 bridgehead atoms. The highest BCUT2D eigenvalue weighted by atomic mass is 32.2. The fourth-order valence-corrected chi connectivity index (χ4v) is 3.34. The van der Waals surface area contributed by atoms with Gasteiger partial charge in [-0.3, -0.25) is 0 Å². The zero-order valence-corrected chi connectivity index (χ0v) is 14.1. The fourth-order valence-electron chi connectivity index (χ4n) is 2.27. The van der Waals surface area contributed by atoms with Gasteiger partial charge < -0.3 is 0 Å². The molecule has 136 valence electrons. The van der Waals surface area contributed by atoms with Gasteiger partial charge in [0.1, 0.15) is 0 Å². The number of para-hydroxylation sites is 1. The summed E-state index contributed by atoms with van der Waals surface area (Å²) in [6.45, 7) is -0.0919. The molecule has 3 aromatic rings. The highest BCUT2D eigenvalue weighted by molar-refractivity contribution is 7.89. The van der Waals surface area contributed by atoms with Gasteiger partial charge in [-0.1, -0.05) is 24.3 Å². The van der Waals surface area contributed by atoms with Gasteiger partial charge in [-0.25, -0.2) is 17.8 Å². The van der Waals surface area contributed by atoms with Crippen molar-refractivity contribution in [3.63, 3.8) is 0 Å². The van der Waals surface area contributed by atoms with E-state index in [9.17, 15) is 21.6 Å². The van der Waals surface area contributed by atoms with Gasteiger partial charge in [0, 0.05) is 18.3 Å². The highest BCUT2D eigenvalue weighted by Crippen LogP contribution is 2.30. The number of nitrogens with zero attached hydrogens (tertiary/aromatic N) is 2. The van der Waals surface area contributed by atoms with Crippen molar-refractivity contribution in [3.05, 3.63) is 78.1 Å². The van der Waals surface area contributed by atoms with E-state index in [1.165, 1.54) is 6.20 Å². The molecule has 0 aliphatic carbocycles. The predicted octanol–water partition coefficient (Wildman–Crippen LogP) is 3.37. The minimum absolute atomic E-state index is 0.0919. The largest absolute Gasteiger partial charge is 0.416 e. The molecule has 0 saturated carbocycles. The molecular weight excluding hydrogens is 367 g/mol. The third-order valence-electron chi connectivity index (χ3n) is 3.59. The van der Waals surface area contributed by atoms with Crippen molar-refractivity contribution in [1.82, 2.24) is 14.5 Å². The molecular formula is C17H14F3N3O2S. The van der Waals surface area contributed by atoms with Crippen molar-refractivity contribution < 1.29 is 21.6 Å². The Labute approximate surface area is 148 Å². The lowest BCUT2D eigenvalue weighted by Crippen LogP contribution is -2.23. The molecule has 0 amide bonds. The van der Waals surface area contributed by atoms with Crippen molar-refractivity contribution in [2.75, 3.05) is 0 Å². The third-order valence-corrected chi connectivity index (χ3v) is 4.99. The smallest absolute Gasteiger partial charge is 0.241 e. The van der Waals surface area contributed by atoms with E-state index in [2.05, 4.69) is 9.82 Å². The summed E-state index contributed by atoms with van der Waals surface area (Å²) in [5, 5.41) is 4.14. The van der Waals surface area contributed by atoms with Crippen LogP contribution >= 0.6 is 0 Å². The maximum absolute atomic E-state index is 12.7. The summed E-state index contributed by atoms with van der Waals surface area (Å²) in [7, 11) is -4.08. The molecule has 1 heterocycles. The van der Waals surface area contributed by atoms with Gasteiger partial charge in [0.15, 0.2) is 0 Å². The Bertz CT molecular complexity index is 999. The first-order valence-electron chi connectivity index (χ1n) is 7.52. The maximum Gasteiger partial charge on any atom is 0.416 e. The van der Waals surface area contributed by atoms with Gasteiger partial charge in [0.05, 0.1) is 22.3 Å². The van der Waals surface area contributed by atoms with Crippen LogP contribution in [0.1, 0.15) is 11.1 Å². The predicted molar refractivity (Wildman–Crippen MR) is 89.0 cm³/mol. The maximum atomic E-state index is 12.7. The molecule has 0 spiro atoms. The number of hydrogen-bond acceptors (Lipinski definition) is 3. The molecule has 5 nitrogen and oxygen atoms in total. The van der Waals surface area contributed by atoms with Crippen molar-refractivity contribution in [1.29, 1.82) is 0 Å². The van der Waals surface area contributed by atoms with E-state index in [-0.39, 0.29) is 6.54 Å². The zero-order valence-electron chi connectivity index (χ0n) is 13.3. The molecule has 0 aliphatic heterocycles. The van der Waals surface area contributed by atoms with Crippen molar-refractivity contribution in [2.24, 2.45) is 0 Å². The lowest BCUT2D eigenvalue weighted by molar-refractivity contribution is -0.137. The quantitative estimate of drug-likeness (QED) is 0.737. The highest BCUT2D eigenvalue weighted by Gasteiger charge is 2.31. The van der Waals surface area contributed by atoms with Crippen molar-refractivity contribution >= 4 is 10.0 Å². The van der Waals surface area contributed by atoms with Crippen LogP contribution in [-0.4, -0.2) is 18.2 Å². The Morgan fingerprint density at radius 2 is 1.77 bits per heavy atom. The van der Waals surface area contributed by atoms with Crippen LogP contribution in [0.25, 0.3) is 5.69 Å². The first-order chi connectivity index (χ1) is 12.3. The Balaban J connectivity index is 1.74. The summed E-state index contributed by atoms with van der Waals surface area (Å²) in [6.07, 6.45) is -1.48. The van der Waals surface area contributed by atoms with E-state index in [1.54, 1.807) is 10.9 Å². The monoisotopic (exact) mass is 381 g/mol. The molecule has 0 radical (unpaired) electrons. The van der Waals surface area contributed by atoms with Crippen LogP contribution < -0.4 is 4.72 Å². The molecule has 2 aromatic carbocycles. The van der Waals surface area contributed by atoms with Gasteiger partial charge in [-0.2, -0.15) is 18.3 Å². The first-order valence-corrected chi connectivity index (χ1v) is 9.00. The topological polar surface area (TPSA) is 64.0 Å². The van der Waals surface area contributed by atoms with Crippen LogP contribution in [0.15, 0.2) is 71.9 Å². The molecule has 0 unspecified atom stereocenters. The van der Waals surface area contributed by atoms with E-state index < -0.39 is 26.7 Å². The van der Waals surface area contributed by atoms with Crippen LogP contribution in [0.3, 0.4) is 0 Å². The van der Waals surface area contributed by atoms with Gasteiger partial charge in [-0.15, -0.1) is 0 Å². The third kappa shape index (κ3) is 4.12. The standard InChI is InChI=1S/C17H14F3N3O2S/c18-17(19,20)14-5-4-8-16(9-14)26(24,25)22-11-13-10-21-23(12-13)15-6-2-1-3-7-15/h1-10,12,22H,11H2. The van der Waals surface area contributed by atoms with Gasteiger partial charge in [-0.05, 0) is 30.3 Å². The van der Waals surface area contributed by atoms with Gasteiger partial charge >= 0.3 is 6.18 Å². The van der Waals surface area contributed by atoms with E-state index in [0.717, 1.165) is 23.9 Å². The van der Waals surface area contributed by atoms with Crippen LogP contribution in [0.4, 0.5) is 13.2 Å². The van der Waals surface area contributed by atoms with E-state index in [0.29, 0.717) is 11.6 Å². The average molecular weight is 381 g/mol. The van der Waals surface area contributed by atoms with Gasteiger partial charge in [0.25, 0.3) is 0 Å².